The Hall–Kier alpha value is -1.68. The molecule has 3 N–H and O–H groups in total. The number of carbonyl (C=O) groups excluding carboxylic acids is 2. The van der Waals surface area contributed by atoms with Crippen LogP contribution in [0.1, 0.15) is 58.6 Å². The van der Waals surface area contributed by atoms with Gasteiger partial charge in [-0.05, 0) is 55.4 Å². The second kappa shape index (κ2) is 9.71. The van der Waals surface area contributed by atoms with Crippen LogP contribution >= 0.6 is 0 Å². The van der Waals surface area contributed by atoms with E-state index in [-0.39, 0.29) is 35.1 Å². The number of nitrogens with two attached hydrogens (primary N) is 1. The fraction of sp³-hybridized carbons (Fsp3) is 0.619. The molecular weight excluding hydrogens is 314 g/mol. The average Bonchev–Trinajstić information content (AvgIpc) is 2.59. The summed E-state index contributed by atoms with van der Waals surface area (Å²) in [6.07, 6.45) is 2.70. The lowest BCUT2D eigenvalue weighted by Crippen LogP contribution is -2.36. The van der Waals surface area contributed by atoms with E-state index in [2.05, 4.69) is 13.8 Å². The minimum Gasteiger partial charge on any atom is -0.508 e. The Bertz CT molecular complexity index is 597. The highest BCUT2D eigenvalue weighted by atomic mass is 16.3. The maximum absolute atomic E-state index is 12.3. The first kappa shape index (κ1) is 21.4. The molecule has 0 saturated heterocycles. The molecule has 0 aliphatic rings. The van der Waals surface area contributed by atoms with E-state index in [1.165, 1.54) is 0 Å². The number of phenols is 1. The molecule has 0 aliphatic heterocycles. The van der Waals surface area contributed by atoms with E-state index < -0.39 is 6.04 Å². The molecular formula is C21H33NO3. The standard InChI is InChI=1S/C21H33NO3/c1-6-13(3)19(15(5)23)11-17-10-18(24)9-8-16(17)12-20(22)21(25)14(4)7-2/h8-10,13-14,19-20,24H,6-7,11-12,22H2,1-5H3/t13?,14?,19?,20-/m0/s1. The highest BCUT2D eigenvalue weighted by molar-refractivity contribution is 5.86. The van der Waals surface area contributed by atoms with Gasteiger partial charge in [-0.2, -0.15) is 0 Å². The maximum atomic E-state index is 12.3. The first-order valence-electron chi connectivity index (χ1n) is 9.31. The van der Waals surface area contributed by atoms with Crippen molar-refractivity contribution in [2.45, 2.75) is 66.3 Å². The average molecular weight is 347 g/mol. The zero-order valence-corrected chi connectivity index (χ0v) is 16.2. The molecule has 0 aliphatic carbocycles. The molecule has 4 nitrogen and oxygen atoms in total. The Balaban J connectivity index is 3.06. The van der Waals surface area contributed by atoms with Crippen molar-refractivity contribution in [1.29, 1.82) is 0 Å². The van der Waals surface area contributed by atoms with Gasteiger partial charge < -0.3 is 10.8 Å². The maximum Gasteiger partial charge on any atom is 0.152 e. The molecule has 1 aromatic rings. The third-order valence-electron chi connectivity index (χ3n) is 5.39. The van der Waals surface area contributed by atoms with Crippen molar-refractivity contribution in [3.8, 4) is 5.75 Å². The Morgan fingerprint density at radius 2 is 1.72 bits per heavy atom. The SMILES string of the molecule is CCC(C)C(=O)[C@@H](N)Cc1ccc(O)cc1CC(C(C)=O)C(C)CC. The second-order valence-corrected chi connectivity index (χ2v) is 7.28. The van der Waals surface area contributed by atoms with Gasteiger partial charge in [0.1, 0.15) is 11.5 Å². The minimum absolute atomic E-state index is 0.0550. The van der Waals surface area contributed by atoms with Crippen molar-refractivity contribution in [1.82, 2.24) is 0 Å². The molecule has 0 spiro atoms. The van der Waals surface area contributed by atoms with Crippen LogP contribution in [0.3, 0.4) is 0 Å². The van der Waals surface area contributed by atoms with Crippen LogP contribution in [0.25, 0.3) is 0 Å². The molecule has 0 bridgehead atoms. The largest absolute Gasteiger partial charge is 0.508 e. The van der Waals surface area contributed by atoms with E-state index in [4.69, 9.17) is 5.73 Å². The van der Waals surface area contributed by atoms with Crippen LogP contribution in [0.5, 0.6) is 5.75 Å². The summed E-state index contributed by atoms with van der Waals surface area (Å²) >= 11 is 0. The number of aromatic hydroxyl groups is 1. The molecule has 0 aromatic heterocycles. The number of rotatable bonds is 10. The number of hydrogen-bond donors (Lipinski definition) is 2. The molecule has 3 unspecified atom stereocenters. The molecule has 4 atom stereocenters. The highest BCUT2D eigenvalue weighted by Gasteiger charge is 2.24. The normalized spacial score (nSPS) is 16.1. The van der Waals surface area contributed by atoms with Gasteiger partial charge in [0.2, 0.25) is 0 Å². The zero-order valence-electron chi connectivity index (χ0n) is 16.2. The fourth-order valence-electron chi connectivity index (χ4n) is 3.17. The number of hydrogen-bond acceptors (Lipinski definition) is 4. The van der Waals surface area contributed by atoms with Gasteiger partial charge in [0.15, 0.2) is 5.78 Å². The summed E-state index contributed by atoms with van der Waals surface area (Å²) < 4.78 is 0. The van der Waals surface area contributed by atoms with Crippen LogP contribution < -0.4 is 5.73 Å². The highest BCUT2D eigenvalue weighted by Crippen LogP contribution is 2.26. The molecule has 0 fully saturated rings. The van der Waals surface area contributed by atoms with E-state index >= 15 is 0 Å². The van der Waals surface area contributed by atoms with Gasteiger partial charge in [0, 0.05) is 11.8 Å². The number of carbonyl (C=O) groups is 2. The van der Waals surface area contributed by atoms with E-state index in [0.29, 0.717) is 12.8 Å². The van der Waals surface area contributed by atoms with Gasteiger partial charge in [0.05, 0.1) is 6.04 Å². The third kappa shape index (κ3) is 5.96. The summed E-state index contributed by atoms with van der Waals surface area (Å²) in [6.45, 7) is 9.65. The Morgan fingerprint density at radius 1 is 1.08 bits per heavy atom. The van der Waals surface area contributed by atoms with Crippen molar-refractivity contribution < 1.29 is 14.7 Å². The molecule has 0 radical (unpaired) electrons. The topological polar surface area (TPSA) is 80.4 Å². The van der Waals surface area contributed by atoms with E-state index in [1.807, 2.05) is 19.9 Å². The van der Waals surface area contributed by atoms with Crippen LogP contribution in [0, 0.1) is 17.8 Å². The number of ketones is 2. The summed E-state index contributed by atoms with van der Waals surface area (Å²) in [4.78, 5) is 24.4. The van der Waals surface area contributed by atoms with Gasteiger partial charge in [-0.25, -0.2) is 0 Å². The molecule has 1 rings (SSSR count). The van der Waals surface area contributed by atoms with Gasteiger partial charge >= 0.3 is 0 Å². The molecule has 25 heavy (non-hydrogen) atoms. The molecule has 140 valence electrons. The van der Waals surface area contributed by atoms with Crippen molar-refractivity contribution in [2.75, 3.05) is 0 Å². The van der Waals surface area contributed by atoms with Crippen molar-refractivity contribution >= 4 is 11.6 Å². The lowest BCUT2D eigenvalue weighted by Gasteiger charge is -2.23. The first-order chi connectivity index (χ1) is 11.7. The monoisotopic (exact) mass is 347 g/mol. The predicted molar refractivity (Wildman–Crippen MR) is 102 cm³/mol. The predicted octanol–water partition coefficient (Wildman–Crippen LogP) is 3.67. The summed E-state index contributed by atoms with van der Waals surface area (Å²) in [6, 6.07) is 4.58. The number of phenolic OH excluding ortho intramolecular Hbond substituents is 1. The first-order valence-corrected chi connectivity index (χ1v) is 9.31. The van der Waals surface area contributed by atoms with Gasteiger partial charge in [-0.3, -0.25) is 9.59 Å². The van der Waals surface area contributed by atoms with Crippen molar-refractivity contribution in [3.63, 3.8) is 0 Å². The molecule has 0 heterocycles. The smallest absolute Gasteiger partial charge is 0.152 e. The van der Waals surface area contributed by atoms with E-state index in [0.717, 1.165) is 24.0 Å². The van der Waals surface area contributed by atoms with Crippen LogP contribution in [-0.2, 0) is 22.4 Å². The number of Topliss-reactive ketones (excluding diaryl/α,β-unsaturated/α-hetero) is 2. The summed E-state index contributed by atoms with van der Waals surface area (Å²) in [5, 5.41) is 9.87. The number of benzene rings is 1. The summed E-state index contributed by atoms with van der Waals surface area (Å²) in [5.74, 6) is 0.512. The Labute approximate surface area is 151 Å². The van der Waals surface area contributed by atoms with E-state index in [1.54, 1.807) is 19.1 Å². The van der Waals surface area contributed by atoms with Crippen molar-refractivity contribution in [3.05, 3.63) is 29.3 Å². The van der Waals surface area contributed by atoms with Gasteiger partial charge in [-0.15, -0.1) is 0 Å². The second-order valence-electron chi connectivity index (χ2n) is 7.28. The lowest BCUT2D eigenvalue weighted by molar-refractivity contribution is -0.124. The zero-order chi connectivity index (χ0) is 19.1. The van der Waals surface area contributed by atoms with Crippen molar-refractivity contribution in [2.24, 2.45) is 23.5 Å². The van der Waals surface area contributed by atoms with Crippen LogP contribution in [0.15, 0.2) is 18.2 Å². The van der Waals surface area contributed by atoms with Gasteiger partial charge in [0.25, 0.3) is 0 Å². The lowest BCUT2D eigenvalue weighted by atomic mass is 9.81. The van der Waals surface area contributed by atoms with Gasteiger partial charge in [-0.1, -0.05) is 40.2 Å². The van der Waals surface area contributed by atoms with Crippen LogP contribution in [0.2, 0.25) is 0 Å². The third-order valence-corrected chi connectivity index (χ3v) is 5.39. The quantitative estimate of drug-likeness (QED) is 0.677. The Morgan fingerprint density at radius 3 is 2.24 bits per heavy atom. The summed E-state index contributed by atoms with van der Waals surface area (Å²) in [7, 11) is 0. The summed E-state index contributed by atoms with van der Waals surface area (Å²) in [5.41, 5.74) is 7.98. The van der Waals surface area contributed by atoms with E-state index in [9.17, 15) is 14.7 Å². The Kier molecular flexibility index (Phi) is 8.30. The minimum atomic E-state index is -0.558. The molecule has 0 amide bonds. The molecule has 1 aromatic carbocycles. The molecule has 0 saturated carbocycles. The molecule has 4 heteroatoms. The van der Waals surface area contributed by atoms with Crippen LogP contribution in [-0.4, -0.2) is 22.7 Å². The van der Waals surface area contributed by atoms with Crippen LogP contribution in [0.4, 0.5) is 0 Å². The fourth-order valence-corrected chi connectivity index (χ4v) is 3.17.